The summed E-state index contributed by atoms with van der Waals surface area (Å²) in [5.74, 6) is 0.763. The van der Waals surface area contributed by atoms with Crippen molar-refractivity contribution in [2.45, 2.75) is 39.9 Å². The van der Waals surface area contributed by atoms with Gasteiger partial charge in [-0.05, 0) is 92.7 Å². The van der Waals surface area contributed by atoms with E-state index >= 15 is 0 Å². The van der Waals surface area contributed by atoms with Gasteiger partial charge in [0, 0.05) is 30.9 Å². The molecule has 0 spiro atoms. The number of nitrogens with one attached hydrogen (secondary N) is 2. The number of anilines is 1. The number of amides is 2. The molecule has 5 heterocycles. The number of nitrogens with two attached hydrogens (primary N) is 1. The molecule has 12 nitrogen and oxygen atoms in total. The number of carbonyl (C=O) groups is 2. The number of nitrogens with zero attached hydrogens (tertiary/aromatic N) is 4. The number of benzene rings is 2. The highest BCUT2D eigenvalue weighted by molar-refractivity contribution is 6.32. The minimum atomic E-state index is -4.62. The molecule has 4 aliphatic heterocycles. The Morgan fingerprint density at radius 3 is 2.50 bits per heavy atom. The van der Waals surface area contributed by atoms with Crippen molar-refractivity contribution in [3.63, 3.8) is 0 Å². The molecule has 7 rings (SSSR count). The second kappa shape index (κ2) is 21.9. The van der Waals surface area contributed by atoms with Crippen LogP contribution in [0.4, 0.5) is 18.9 Å². The van der Waals surface area contributed by atoms with Gasteiger partial charge in [-0.1, -0.05) is 37.6 Å². The van der Waals surface area contributed by atoms with Gasteiger partial charge in [-0.2, -0.15) is 18.2 Å². The zero-order chi connectivity index (χ0) is 38.6. The first-order valence-electron chi connectivity index (χ1n) is 16.1. The molecule has 0 saturated carbocycles. The summed E-state index contributed by atoms with van der Waals surface area (Å²) in [6.07, 6.45) is 2.22. The maximum absolute atomic E-state index is 12.9. The lowest BCUT2D eigenvalue weighted by molar-refractivity contribution is -0.156. The molecule has 4 bridgehead atoms. The van der Waals surface area contributed by atoms with Gasteiger partial charge in [0.05, 0.1) is 24.4 Å². The lowest BCUT2D eigenvalue weighted by Gasteiger charge is -2.30. The first-order valence-corrected chi connectivity index (χ1v) is 16.5. The molecule has 4 aliphatic rings. The van der Waals surface area contributed by atoms with E-state index in [1.54, 1.807) is 29.4 Å². The summed E-state index contributed by atoms with van der Waals surface area (Å²) in [6, 6.07) is 14.3. The zero-order valence-electron chi connectivity index (χ0n) is 29.6. The minimum absolute atomic E-state index is 0.0400. The molecule has 282 valence electrons. The number of rotatable bonds is 3. The van der Waals surface area contributed by atoms with Crippen LogP contribution in [0.25, 0.3) is 6.08 Å². The van der Waals surface area contributed by atoms with E-state index in [0.29, 0.717) is 53.7 Å². The van der Waals surface area contributed by atoms with E-state index in [2.05, 4.69) is 38.1 Å². The Morgan fingerprint density at radius 1 is 1.17 bits per heavy atom. The van der Waals surface area contributed by atoms with Crippen molar-refractivity contribution in [2.24, 2.45) is 26.1 Å². The fourth-order valence-corrected chi connectivity index (χ4v) is 4.66. The normalized spacial score (nSPS) is 16.6. The minimum Gasteiger partial charge on any atom is -0.492 e. The summed E-state index contributed by atoms with van der Waals surface area (Å²) >= 11 is 6.37. The second-order valence-electron chi connectivity index (χ2n) is 11.7. The van der Waals surface area contributed by atoms with Crippen LogP contribution < -0.4 is 21.1 Å². The Balaban J connectivity index is 0.000000813. The van der Waals surface area contributed by atoms with E-state index < -0.39 is 24.2 Å². The lowest BCUT2D eigenvalue weighted by atomic mass is 9.92. The molecule has 0 radical (unpaired) electrons. The summed E-state index contributed by atoms with van der Waals surface area (Å²) in [6.45, 7) is 9.07. The predicted molar refractivity (Wildman–Crippen MR) is 199 cm³/mol. The molecular formula is C36H45ClF3N7O5. The van der Waals surface area contributed by atoms with Gasteiger partial charge < -0.3 is 35.2 Å². The van der Waals surface area contributed by atoms with Crippen LogP contribution >= 0.6 is 11.6 Å². The lowest BCUT2D eigenvalue weighted by Crippen LogP contribution is -2.42. The SMILES string of the molecule is C/C=C/c1ccco1.C=NC1=NCc2ccc(c(Cl)c2)OCCCN(C=O)CC(C)(C)CNC(=O)c2ccc(cc2)N/C(OCC(F)(F)F)=N\1.CN. The number of allylic oxidation sites excluding steroid dienone is 1. The van der Waals surface area contributed by atoms with Gasteiger partial charge in [0.25, 0.3) is 11.9 Å². The molecule has 2 amide bonds. The van der Waals surface area contributed by atoms with E-state index in [1.165, 1.54) is 31.3 Å². The molecule has 16 heteroatoms. The Kier molecular flexibility index (Phi) is 18.1. The van der Waals surface area contributed by atoms with Gasteiger partial charge in [0.1, 0.15) is 11.5 Å². The van der Waals surface area contributed by atoms with Crippen molar-refractivity contribution in [1.82, 2.24) is 10.2 Å². The summed E-state index contributed by atoms with van der Waals surface area (Å²) in [5.41, 5.74) is 5.34. The summed E-state index contributed by atoms with van der Waals surface area (Å²) < 4.78 is 54.3. The van der Waals surface area contributed by atoms with Crippen LogP contribution in [0.3, 0.4) is 0 Å². The van der Waals surface area contributed by atoms with E-state index in [4.69, 9.17) is 25.5 Å². The summed E-state index contributed by atoms with van der Waals surface area (Å²) in [7, 11) is 1.50. The highest BCUT2D eigenvalue weighted by Crippen LogP contribution is 2.26. The van der Waals surface area contributed by atoms with Crippen LogP contribution in [0.5, 0.6) is 5.75 Å². The molecule has 0 unspecified atom stereocenters. The van der Waals surface area contributed by atoms with Gasteiger partial charge in [-0.3, -0.25) is 9.59 Å². The van der Waals surface area contributed by atoms with Crippen LogP contribution in [-0.2, 0) is 16.1 Å². The number of amidine groups is 1. The fourth-order valence-electron chi connectivity index (χ4n) is 4.40. The number of aliphatic imine (C=N–C) groups is 3. The molecular weight excluding hydrogens is 703 g/mol. The van der Waals surface area contributed by atoms with E-state index in [-0.39, 0.29) is 25.0 Å². The standard InChI is InChI=1S/C28H32ClF3N6O4.C7H8O.CH5N/c1-27(2)15-35-24(40)20-6-8-21(9-7-20)36-26(42-17-28(30,31)32)37-25(33-3)34-14-19-5-10-23(22(29)13-19)41-12-4-11-38(16-27)18-39;1-2-4-7-5-3-6-8-7;1-2/h5-10,13,18H,3-4,11-12,14-17H2,1-2H3,(H,35,40)(H,34,36,37);2-6H,1H3;2H2,1H3/b;4-2+;. The number of furan rings is 1. The predicted octanol–water partition coefficient (Wildman–Crippen LogP) is 6.83. The average Bonchev–Trinajstić information content (AvgIpc) is 3.64. The molecule has 4 N–H and O–H groups in total. The molecule has 3 aromatic rings. The molecule has 1 aromatic heterocycles. The average molecular weight is 748 g/mol. The Morgan fingerprint density at radius 2 is 1.90 bits per heavy atom. The molecule has 0 aliphatic carbocycles. The van der Waals surface area contributed by atoms with Crippen LogP contribution in [-0.4, -0.2) is 82.0 Å². The number of carbonyl (C=O) groups excluding carboxylic acids is 2. The Labute approximate surface area is 306 Å². The van der Waals surface area contributed by atoms with Gasteiger partial charge in [0.15, 0.2) is 6.61 Å². The highest BCUT2D eigenvalue weighted by Gasteiger charge is 2.29. The van der Waals surface area contributed by atoms with E-state index in [9.17, 15) is 22.8 Å². The Hall–Kier alpha value is -5.15. The molecule has 0 atom stereocenters. The third kappa shape index (κ3) is 16.2. The van der Waals surface area contributed by atoms with Gasteiger partial charge in [-0.25, -0.2) is 9.98 Å². The van der Waals surface area contributed by atoms with Crippen LogP contribution in [0.15, 0.2) is 86.3 Å². The number of guanidine groups is 1. The van der Waals surface area contributed by atoms with Gasteiger partial charge >= 0.3 is 6.18 Å². The summed E-state index contributed by atoms with van der Waals surface area (Å²) in [5, 5.41) is 5.84. The highest BCUT2D eigenvalue weighted by atomic mass is 35.5. The smallest absolute Gasteiger partial charge is 0.422 e. The van der Waals surface area contributed by atoms with Gasteiger partial charge in [0.2, 0.25) is 12.4 Å². The molecule has 2 aromatic carbocycles. The maximum Gasteiger partial charge on any atom is 0.422 e. The first kappa shape index (κ1) is 43.0. The van der Waals surface area contributed by atoms with Crippen LogP contribution in [0.2, 0.25) is 5.02 Å². The van der Waals surface area contributed by atoms with Crippen molar-refractivity contribution in [1.29, 1.82) is 0 Å². The number of hydrogen-bond donors (Lipinski definition) is 3. The van der Waals surface area contributed by atoms with Crippen molar-refractivity contribution >= 4 is 54.4 Å². The molecule has 52 heavy (non-hydrogen) atoms. The molecule has 0 saturated heterocycles. The number of alkyl halides is 3. The third-order valence-electron chi connectivity index (χ3n) is 6.74. The van der Waals surface area contributed by atoms with E-state index in [1.807, 2.05) is 45.1 Å². The maximum atomic E-state index is 12.9. The number of halogens is 4. The topological polar surface area (TPSA) is 156 Å². The van der Waals surface area contributed by atoms with Crippen LogP contribution in [0, 0.1) is 5.41 Å². The van der Waals surface area contributed by atoms with Crippen molar-refractivity contribution < 1.29 is 36.7 Å². The fraction of sp³-hybridized carbons (Fsp3) is 0.361. The van der Waals surface area contributed by atoms with Crippen molar-refractivity contribution in [3.05, 3.63) is 88.8 Å². The van der Waals surface area contributed by atoms with Crippen molar-refractivity contribution in [3.8, 4) is 5.75 Å². The quantitative estimate of drug-likeness (QED) is 0.196. The van der Waals surface area contributed by atoms with Crippen molar-refractivity contribution in [2.75, 3.05) is 45.2 Å². The van der Waals surface area contributed by atoms with Crippen LogP contribution in [0.1, 0.15) is 48.9 Å². The Bertz CT molecular complexity index is 1640. The summed E-state index contributed by atoms with van der Waals surface area (Å²) in [4.78, 5) is 37.9. The van der Waals surface area contributed by atoms with E-state index in [0.717, 1.165) is 12.2 Å². The molecule has 0 fully saturated rings. The second-order valence-corrected chi connectivity index (χ2v) is 12.1. The van der Waals surface area contributed by atoms with Gasteiger partial charge in [-0.15, -0.1) is 0 Å². The zero-order valence-corrected chi connectivity index (χ0v) is 30.3. The largest absolute Gasteiger partial charge is 0.492 e. The number of ether oxygens (including phenoxy) is 2. The monoisotopic (exact) mass is 747 g/mol. The first-order chi connectivity index (χ1) is 24.8. The third-order valence-corrected chi connectivity index (χ3v) is 7.04. The number of hydrogen-bond acceptors (Lipinski definition) is 10.